The molecule has 0 bridgehead atoms. The Morgan fingerprint density at radius 3 is 2.37 bits per heavy atom. The van der Waals surface area contributed by atoms with E-state index in [0.29, 0.717) is 18.1 Å². The van der Waals surface area contributed by atoms with Crippen LogP contribution in [0.4, 0.5) is 5.69 Å². The van der Waals surface area contributed by atoms with Crippen LogP contribution in [0.25, 0.3) is 0 Å². The van der Waals surface area contributed by atoms with Crippen LogP contribution in [0.3, 0.4) is 0 Å². The van der Waals surface area contributed by atoms with Crippen molar-refractivity contribution in [3.8, 4) is 0 Å². The number of benzene rings is 2. The number of ether oxygens (including phenoxy) is 1. The summed E-state index contributed by atoms with van der Waals surface area (Å²) in [6, 6.07) is 16.9. The van der Waals surface area contributed by atoms with Gasteiger partial charge < -0.3 is 14.5 Å². The second-order valence-corrected chi connectivity index (χ2v) is 7.12. The van der Waals surface area contributed by atoms with Crippen molar-refractivity contribution in [1.29, 1.82) is 0 Å². The molecule has 1 saturated heterocycles. The lowest BCUT2D eigenvalue weighted by atomic mass is 10.1. The van der Waals surface area contributed by atoms with E-state index in [1.807, 2.05) is 61.5 Å². The number of hydrogen-bond acceptors (Lipinski definition) is 3. The highest BCUT2D eigenvalue weighted by Crippen LogP contribution is 2.28. The maximum absolute atomic E-state index is 13.0. The summed E-state index contributed by atoms with van der Waals surface area (Å²) in [6.07, 6.45) is -0.0821. The first-order valence-electron chi connectivity index (χ1n) is 8.95. The molecule has 2 aromatic carbocycles. The number of amides is 2. The number of hydrogen-bond donors (Lipinski definition) is 0. The summed E-state index contributed by atoms with van der Waals surface area (Å²) in [5.41, 5.74) is 1.80. The molecule has 0 radical (unpaired) electrons. The monoisotopic (exact) mass is 386 g/mol. The molecule has 5 nitrogen and oxygen atoms in total. The Morgan fingerprint density at radius 2 is 1.78 bits per heavy atom. The Labute approximate surface area is 164 Å². The molecule has 1 fully saturated rings. The maximum Gasteiger partial charge on any atom is 0.253 e. The highest BCUT2D eigenvalue weighted by atomic mass is 35.5. The third-order valence-electron chi connectivity index (χ3n) is 4.78. The number of rotatable bonds is 6. The maximum atomic E-state index is 13.0. The van der Waals surface area contributed by atoms with Crippen LogP contribution < -0.4 is 4.90 Å². The van der Waals surface area contributed by atoms with Crippen LogP contribution in [-0.2, 0) is 14.3 Å². The zero-order valence-corrected chi connectivity index (χ0v) is 16.2. The molecule has 27 heavy (non-hydrogen) atoms. The Morgan fingerprint density at radius 1 is 1.15 bits per heavy atom. The van der Waals surface area contributed by atoms with Crippen LogP contribution in [-0.4, -0.2) is 42.5 Å². The molecular formula is C21H23ClN2O3. The van der Waals surface area contributed by atoms with Crippen molar-refractivity contribution < 1.29 is 14.3 Å². The first-order chi connectivity index (χ1) is 13.0. The molecule has 2 amide bonds. The third-order valence-corrected chi connectivity index (χ3v) is 5.03. The summed E-state index contributed by atoms with van der Waals surface area (Å²) in [6.45, 7) is 4.58. The van der Waals surface area contributed by atoms with Gasteiger partial charge in [0, 0.05) is 30.7 Å². The summed E-state index contributed by atoms with van der Waals surface area (Å²) in [7, 11) is 0. The molecule has 3 rings (SSSR count). The molecule has 0 N–H and O–H groups in total. The first kappa shape index (κ1) is 19.4. The standard InChI is InChI=1S/C21H23ClN2O3/c1-15(17-8-10-18(22)11-9-17)24(19-6-4-3-5-7-19)21(26)14-27-20-12-23(13-20)16(2)25/h3-11,15,20H,12-14H2,1-2H3. The molecule has 0 spiro atoms. The van der Waals surface area contributed by atoms with E-state index < -0.39 is 0 Å². The van der Waals surface area contributed by atoms with Gasteiger partial charge in [-0.2, -0.15) is 0 Å². The minimum atomic E-state index is -0.170. The van der Waals surface area contributed by atoms with Gasteiger partial charge in [0.25, 0.3) is 5.91 Å². The van der Waals surface area contributed by atoms with E-state index in [1.54, 1.807) is 9.80 Å². The van der Waals surface area contributed by atoms with E-state index in [1.165, 1.54) is 6.92 Å². The largest absolute Gasteiger partial charge is 0.365 e. The lowest BCUT2D eigenvalue weighted by Gasteiger charge is -2.38. The fourth-order valence-corrected chi connectivity index (χ4v) is 3.25. The lowest BCUT2D eigenvalue weighted by Crippen LogP contribution is -2.54. The molecule has 6 heteroatoms. The van der Waals surface area contributed by atoms with E-state index in [-0.39, 0.29) is 30.6 Å². The number of carbonyl (C=O) groups is 2. The molecule has 0 saturated carbocycles. The predicted molar refractivity (Wildman–Crippen MR) is 106 cm³/mol. The van der Waals surface area contributed by atoms with E-state index in [0.717, 1.165) is 11.3 Å². The summed E-state index contributed by atoms with van der Waals surface area (Å²) in [4.78, 5) is 27.7. The van der Waals surface area contributed by atoms with Gasteiger partial charge >= 0.3 is 0 Å². The number of likely N-dealkylation sites (tertiary alicyclic amines) is 1. The molecular weight excluding hydrogens is 364 g/mol. The average molecular weight is 387 g/mol. The second-order valence-electron chi connectivity index (χ2n) is 6.68. The van der Waals surface area contributed by atoms with Crippen molar-refractivity contribution in [2.24, 2.45) is 0 Å². The molecule has 1 aliphatic rings. The normalized spacial score (nSPS) is 15.1. The summed E-state index contributed by atoms with van der Waals surface area (Å²) in [5, 5.41) is 0.659. The van der Waals surface area contributed by atoms with Gasteiger partial charge in [0.2, 0.25) is 5.91 Å². The smallest absolute Gasteiger partial charge is 0.253 e. The molecule has 0 aromatic heterocycles. The number of halogens is 1. The third kappa shape index (κ3) is 4.67. The van der Waals surface area contributed by atoms with Gasteiger partial charge in [0.05, 0.1) is 12.1 Å². The molecule has 142 valence electrons. The van der Waals surface area contributed by atoms with Crippen LogP contribution in [0.1, 0.15) is 25.5 Å². The van der Waals surface area contributed by atoms with Crippen LogP contribution in [0, 0.1) is 0 Å². The summed E-state index contributed by atoms with van der Waals surface area (Å²) < 4.78 is 5.72. The van der Waals surface area contributed by atoms with Crippen molar-refractivity contribution in [3.05, 3.63) is 65.2 Å². The van der Waals surface area contributed by atoms with Gasteiger partial charge in [0.15, 0.2) is 0 Å². The quantitative estimate of drug-likeness (QED) is 0.760. The van der Waals surface area contributed by atoms with Crippen LogP contribution in [0.5, 0.6) is 0 Å². The summed E-state index contributed by atoms with van der Waals surface area (Å²) in [5.74, 6) is -0.0895. The lowest BCUT2D eigenvalue weighted by molar-refractivity contribution is -0.145. The fraction of sp³-hybridized carbons (Fsp3) is 0.333. The Hall–Kier alpha value is -2.37. The first-order valence-corrected chi connectivity index (χ1v) is 9.33. The van der Waals surface area contributed by atoms with Crippen molar-refractivity contribution in [1.82, 2.24) is 4.90 Å². The van der Waals surface area contributed by atoms with E-state index >= 15 is 0 Å². The molecule has 1 aliphatic heterocycles. The van der Waals surface area contributed by atoms with Crippen LogP contribution >= 0.6 is 11.6 Å². The average Bonchev–Trinajstić information content (AvgIpc) is 2.61. The van der Waals surface area contributed by atoms with Gasteiger partial charge in [-0.15, -0.1) is 0 Å². The number of anilines is 1. The zero-order chi connectivity index (χ0) is 19.4. The van der Waals surface area contributed by atoms with Gasteiger partial charge in [0.1, 0.15) is 6.61 Å². The van der Waals surface area contributed by atoms with Crippen molar-refractivity contribution in [2.45, 2.75) is 26.0 Å². The fourth-order valence-electron chi connectivity index (χ4n) is 3.12. The van der Waals surface area contributed by atoms with Crippen molar-refractivity contribution in [2.75, 3.05) is 24.6 Å². The Bertz CT molecular complexity index is 789. The predicted octanol–water partition coefficient (Wildman–Crippen LogP) is 3.68. The minimum absolute atomic E-state index is 0.0246. The number of nitrogens with zero attached hydrogens (tertiary/aromatic N) is 2. The van der Waals surface area contributed by atoms with Crippen LogP contribution in [0.2, 0.25) is 5.02 Å². The highest BCUT2D eigenvalue weighted by Gasteiger charge is 2.31. The van der Waals surface area contributed by atoms with E-state index in [9.17, 15) is 9.59 Å². The molecule has 2 aromatic rings. The topological polar surface area (TPSA) is 49.9 Å². The number of para-hydroxylation sites is 1. The van der Waals surface area contributed by atoms with Crippen LogP contribution in [0.15, 0.2) is 54.6 Å². The Balaban J connectivity index is 1.71. The number of carbonyl (C=O) groups excluding carboxylic acids is 2. The second kappa shape index (κ2) is 8.55. The van der Waals surface area contributed by atoms with Gasteiger partial charge in [-0.05, 0) is 36.8 Å². The molecule has 1 unspecified atom stereocenters. The zero-order valence-electron chi connectivity index (χ0n) is 15.5. The van der Waals surface area contributed by atoms with Gasteiger partial charge in [-0.3, -0.25) is 9.59 Å². The molecule has 1 atom stereocenters. The summed E-state index contributed by atoms with van der Waals surface area (Å²) >= 11 is 5.99. The van der Waals surface area contributed by atoms with Crippen molar-refractivity contribution >= 4 is 29.1 Å². The van der Waals surface area contributed by atoms with Crippen molar-refractivity contribution in [3.63, 3.8) is 0 Å². The van der Waals surface area contributed by atoms with Gasteiger partial charge in [-0.1, -0.05) is 41.9 Å². The van der Waals surface area contributed by atoms with Gasteiger partial charge in [-0.25, -0.2) is 0 Å². The van der Waals surface area contributed by atoms with E-state index in [2.05, 4.69) is 0 Å². The molecule has 1 heterocycles. The Kier molecular flexibility index (Phi) is 6.14. The highest BCUT2D eigenvalue weighted by molar-refractivity contribution is 6.30. The molecule has 0 aliphatic carbocycles. The van der Waals surface area contributed by atoms with E-state index in [4.69, 9.17) is 16.3 Å². The SMILES string of the molecule is CC(=O)N1CC(OCC(=O)N(c2ccccc2)C(C)c2ccc(Cl)cc2)C1. The minimum Gasteiger partial charge on any atom is -0.365 e.